The third kappa shape index (κ3) is 7.83. The Labute approximate surface area is 306 Å². The lowest BCUT2D eigenvalue weighted by Gasteiger charge is -2.25. The number of rotatable bonds is 12. The minimum atomic E-state index is 0.768. The molecule has 0 saturated carbocycles. The first-order valence-electron chi connectivity index (χ1n) is 17.3. The molecular weight excluding hydrogens is 637 g/mol. The van der Waals surface area contributed by atoms with E-state index >= 15 is 0 Å². The van der Waals surface area contributed by atoms with Crippen molar-refractivity contribution in [2.45, 2.75) is 0 Å². The van der Waals surface area contributed by atoms with Crippen molar-refractivity contribution in [3.63, 3.8) is 0 Å². The van der Waals surface area contributed by atoms with Crippen molar-refractivity contribution in [2.24, 2.45) is 0 Å². The lowest BCUT2D eigenvalue weighted by Crippen LogP contribution is -2.09. The number of para-hydroxylation sites is 4. The topological polar surface area (TPSA) is 24.9 Å². The second kappa shape index (κ2) is 16.3. The van der Waals surface area contributed by atoms with E-state index in [0.29, 0.717) is 0 Å². The van der Waals surface area contributed by atoms with Gasteiger partial charge in [-0.15, -0.1) is 0 Å². The summed E-state index contributed by atoms with van der Waals surface area (Å²) in [7, 11) is 3.40. The van der Waals surface area contributed by atoms with Gasteiger partial charge in [-0.1, -0.05) is 121 Å². The SMILES string of the molecule is COc1cc(/C=C/c2ccc(N(c3ccccc3)c3ccccc3)cc2)c(OC)cc1/C=C/c1ccc(N(c2ccccc2)c2ccccc2)cc1. The molecule has 0 spiro atoms. The number of anilines is 6. The average Bonchev–Trinajstić information content (AvgIpc) is 3.22. The number of ether oxygens (including phenoxy) is 2. The normalized spacial score (nSPS) is 11.1. The summed E-state index contributed by atoms with van der Waals surface area (Å²) in [5, 5.41) is 0. The molecule has 4 nitrogen and oxygen atoms in total. The number of hydrogen-bond donors (Lipinski definition) is 0. The molecule has 0 atom stereocenters. The van der Waals surface area contributed by atoms with Gasteiger partial charge in [0.25, 0.3) is 0 Å². The van der Waals surface area contributed by atoms with Crippen LogP contribution in [0, 0.1) is 0 Å². The van der Waals surface area contributed by atoms with E-state index < -0.39 is 0 Å². The Morgan fingerprint density at radius 1 is 0.327 bits per heavy atom. The molecule has 0 aliphatic carbocycles. The third-order valence-corrected chi connectivity index (χ3v) is 8.85. The first-order valence-corrected chi connectivity index (χ1v) is 17.3. The van der Waals surface area contributed by atoms with Crippen molar-refractivity contribution in [3.05, 3.63) is 204 Å². The van der Waals surface area contributed by atoms with Gasteiger partial charge in [0.1, 0.15) is 11.5 Å². The highest BCUT2D eigenvalue weighted by Crippen LogP contribution is 2.37. The minimum Gasteiger partial charge on any atom is -0.496 e. The molecule has 0 heterocycles. The van der Waals surface area contributed by atoms with Gasteiger partial charge in [-0.05, 0) is 96.1 Å². The van der Waals surface area contributed by atoms with Crippen LogP contribution in [0.2, 0.25) is 0 Å². The summed E-state index contributed by atoms with van der Waals surface area (Å²) in [6, 6.07) is 62.9. The fraction of sp³-hybridized carbons (Fsp3) is 0.0417. The number of benzene rings is 7. The molecule has 254 valence electrons. The van der Waals surface area contributed by atoms with Crippen LogP contribution in [0.1, 0.15) is 22.3 Å². The fourth-order valence-corrected chi connectivity index (χ4v) is 6.25. The Bertz CT molecular complexity index is 1990. The van der Waals surface area contributed by atoms with Crippen LogP contribution in [0.15, 0.2) is 182 Å². The minimum absolute atomic E-state index is 0.768. The van der Waals surface area contributed by atoms with E-state index in [0.717, 1.165) is 67.9 Å². The van der Waals surface area contributed by atoms with Crippen LogP contribution in [0.4, 0.5) is 34.1 Å². The lowest BCUT2D eigenvalue weighted by atomic mass is 10.0. The van der Waals surface area contributed by atoms with Crippen molar-refractivity contribution in [2.75, 3.05) is 24.0 Å². The number of nitrogens with zero attached hydrogens (tertiary/aromatic N) is 2. The van der Waals surface area contributed by atoms with Crippen LogP contribution in [0.5, 0.6) is 11.5 Å². The highest BCUT2D eigenvalue weighted by molar-refractivity contribution is 5.82. The lowest BCUT2D eigenvalue weighted by molar-refractivity contribution is 0.401. The van der Waals surface area contributed by atoms with E-state index in [1.807, 2.05) is 36.4 Å². The third-order valence-electron chi connectivity index (χ3n) is 8.85. The predicted octanol–water partition coefficient (Wildman–Crippen LogP) is 13.0. The van der Waals surface area contributed by atoms with E-state index in [2.05, 4.69) is 180 Å². The molecule has 0 fully saturated rings. The summed E-state index contributed by atoms with van der Waals surface area (Å²) < 4.78 is 11.7. The van der Waals surface area contributed by atoms with Gasteiger partial charge in [0.2, 0.25) is 0 Å². The molecule has 0 aromatic heterocycles. The molecule has 0 aliphatic rings. The quantitative estimate of drug-likeness (QED) is 0.120. The summed E-state index contributed by atoms with van der Waals surface area (Å²) >= 11 is 0. The standard InChI is InChI=1S/C48H40N2O2/c1-51-47-35-40(30-24-38-27-33-46(34-28-38)50(43-19-11-5-12-20-43)44-21-13-6-14-22-44)48(52-2)36-39(47)29-23-37-25-31-45(32-26-37)49(41-15-7-3-8-16-41)42-17-9-4-10-18-42/h3-36H,1-2H3/b29-23+,30-24+. The second-order valence-electron chi connectivity index (χ2n) is 12.2. The molecule has 0 unspecified atom stereocenters. The van der Waals surface area contributed by atoms with E-state index in [9.17, 15) is 0 Å². The average molecular weight is 677 g/mol. The number of methoxy groups -OCH3 is 2. The maximum atomic E-state index is 5.85. The van der Waals surface area contributed by atoms with Gasteiger partial charge in [-0.25, -0.2) is 0 Å². The van der Waals surface area contributed by atoms with Crippen LogP contribution in [-0.2, 0) is 0 Å². The van der Waals surface area contributed by atoms with Gasteiger partial charge in [0.05, 0.1) is 14.2 Å². The largest absolute Gasteiger partial charge is 0.496 e. The van der Waals surface area contributed by atoms with Crippen molar-refractivity contribution >= 4 is 58.4 Å². The molecule has 7 aromatic carbocycles. The van der Waals surface area contributed by atoms with E-state index in [-0.39, 0.29) is 0 Å². The van der Waals surface area contributed by atoms with Gasteiger partial charge in [-0.3, -0.25) is 0 Å². The summed E-state index contributed by atoms with van der Waals surface area (Å²) in [5.41, 5.74) is 10.6. The highest BCUT2D eigenvalue weighted by atomic mass is 16.5. The van der Waals surface area contributed by atoms with E-state index in [1.54, 1.807) is 14.2 Å². The van der Waals surface area contributed by atoms with Gasteiger partial charge >= 0.3 is 0 Å². The monoisotopic (exact) mass is 676 g/mol. The van der Waals surface area contributed by atoms with E-state index in [1.165, 1.54) is 0 Å². The summed E-state index contributed by atoms with van der Waals surface area (Å²) in [4.78, 5) is 4.51. The molecule has 52 heavy (non-hydrogen) atoms. The molecule has 0 N–H and O–H groups in total. The fourth-order valence-electron chi connectivity index (χ4n) is 6.25. The Kier molecular flexibility index (Phi) is 10.6. The highest BCUT2D eigenvalue weighted by Gasteiger charge is 2.13. The van der Waals surface area contributed by atoms with Gasteiger partial charge < -0.3 is 19.3 Å². The maximum absolute atomic E-state index is 5.85. The molecular formula is C48H40N2O2. The summed E-state index contributed by atoms with van der Waals surface area (Å²) in [6.45, 7) is 0. The molecule has 7 aromatic rings. The molecule has 0 amide bonds. The van der Waals surface area contributed by atoms with Crippen molar-refractivity contribution < 1.29 is 9.47 Å². The van der Waals surface area contributed by atoms with Crippen LogP contribution in [0.3, 0.4) is 0 Å². The first kappa shape index (κ1) is 33.7. The van der Waals surface area contributed by atoms with Gasteiger partial charge in [0, 0.05) is 45.3 Å². The molecule has 4 heteroatoms. The van der Waals surface area contributed by atoms with Gasteiger partial charge in [-0.2, -0.15) is 0 Å². The Balaban J connectivity index is 1.10. The Morgan fingerprint density at radius 3 is 0.865 bits per heavy atom. The zero-order valence-electron chi connectivity index (χ0n) is 29.3. The molecule has 7 rings (SSSR count). The molecule has 0 radical (unpaired) electrons. The van der Waals surface area contributed by atoms with Crippen LogP contribution in [-0.4, -0.2) is 14.2 Å². The first-order chi connectivity index (χ1) is 25.7. The van der Waals surface area contributed by atoms with Crippen molar-refractivity contribution in [1.29, 1.82) is 0 Å². The van der Waals surface area contributed by atoms with Gasteiger partial charge in [0.15, 0.2) is 0 Å². The zero-order chi connectivity index (χ0) is 35.5. The van der Waals surface area contributed by atoms with Crippen LogP contribution in [0.25, 0.3) is 24.3 Å². The Morgan fingerprint density at radius 2 is 0.596 bits per heavy atom. The second-order valence-corrected chi connectivity index (χ2v) is 12.2. The summed E-state index contributed by atoms with van der Waals surface area (Å²) in [5.74, 6) is 1.54. The van der Waals surface area contributed by atoms with Crippen molar-refractivity contribution in [3.8, 4) is 11.5 Å². The number of hydrogen-bond acceptors (Lipinski definition) is 4. The Hall–Kier alpha value is -6.78. The van der Waals surface area contributed by atoms with Crippen molar-refractivity contribution in [1.82, 2.24) is 0 Å². The van der Waals surface area contributed by atoms with E-state index in [4.69, 9.17) is 9.47 Å². The summed E-state index contributed by atoms with van der Waals surface area (Å²) in [6.07, 6.45) is 8.34. The zero-order valence-corrected chi connectivity index (χ0v) is 29.3. The smallest absolute Gasteiger partial charge is 0.126 e. The maximum Gasteiger partial charge on any atom is 0.126 e. The van der Waals surface area contributed by atoms with Crippen LogP contribution >= 0.6 is 0 Å². The van der Waals surface area contributed by atoms with Crippen LogP contribution < -0.4 is 19.3 Å². The molecule has 0 saturated heterocycles. The predicted molar refractivity (Wildman–Crippen MR) is 220 cm³/mol. The molecule has 0 aliphatic heterocycles. The molecule has 0 bridgehead atoms.